The maximum absolute atomic E-state index is 12.4. The molecule has 0 atom stereocenters. The van der Waals surface area contributed by atoms with Crippen LogP contribution in [0.15, 0.2) is 34.7 Å². The number of benzene rings is 1. The predicted molar refractivity (Wildman–Crippen MR) is 84.4 cm³/mol. The minimum absolute atomic E-state index is 0.178. The summed E-state index contributed by atoms with van der Waals surface area (Å²) in [5.41, 5.74) is 7.37. The second-order valence-corrected chi connectivity index (χ2v) is 5.88. The highest BCUT2D eigenvalue weighted by Crippen LogP contribution is 2.22. The van der Waals surface area contributed by atoms with Crippen molar-refractivity contribution in [1.82, 2.24) is 10.3 Å². The van der Waals surface area contributed by atoms with E-state index in [9.17, 15) is 4.79 Å². The Labute approximate surface area is 129 Å². The Balaban J connectivity index is 1.72. The van der Waals surface area contributed by atoms with Crippen LogP contribution in [0.3, 0.4) is 0 Å². The van der Waals surface area contributed by atoms with E-state index in [1.165, 1.54) is 0 Å². The zero-order valence-electron chi connectivity index (χ0n) is 12.7. The first-order valence-electron chi connectivity index (χ1n) is 7.73. The number of carbonyl (C=O) groups is 1. The Bertz CT molecular complexity index is 643. The zero-order valence-corrected chi connectivity index (χ0v) is 12.7. The summed E-state index contributed by atoms with van der Waals surface area (Å²) in [6.45, 7) is 1.79. The maximum atomic E-state index is 12.4. The number of hydrogen-bond donors (Lipinski definition) is 2. The standard InChI is InChI=1S/C17H21N3O2/c1-11-15(16(21)20-14-9-7-13(18)8-10-14)22-17(19-11)12-5-3-2-4-6-12/h2-6,13-14H,7-10,18H2,1H3,(H,20,21). The Hall–Kier alpha value is -2.14. The first-order valence-corrected chi connectivity index (χ1v) is 7.73. The molecule has 1 heterocycles. The van der Waals surface area contributed by atoms with Gasteiger partial charge in [-0.25, -0.2) is 4.98 Å². The van der Waals surface area contributed by atoms with Crippen LogP contribution in [0.25, 0.3) is 11.5 Å². The molecule has 0 aliphatic heterocycles. The van der Waals surface area contributed by atoms with E-state index in [0.717, 1.165) is 31.2 Å². The number of carbonyl (C=O) groups excluding carboxylic acids is 1. The van der Waals surface area contributed by atoms with E-state index in [0.29, 0.717) is 17.3 Å². The molecule has 22 heavy (non-hydrogen) atoms. The van der Waals surface area contributed by atoms with Crippen molar-refractivity contribution in [2.45, 2.75) is 44.7 Å². The number of rotatable bonds is 3. The van der Waals surface area contributed by atoms with Crippen LogP contribution >= 0.6 is 0 Å². The van der Waals surface area contributed by atoms with Gasteiger partial charge in [0.15, 0.2) is 0 Å². The second kappa shape index (κ2) is 6.32. The zero-order chi connectivity index (χ0) is 15.5. The summed E-state index contributed by atoms with van der Waals surface area (Å²) in [5.74, 6) is 0.593. The molecule has 3 N–H and O–H groups in total. The van der Waals surface area contributed by atoms with Gasteiger partial charge in [0.2, 0.25) is 11.7 Å². The van der Waals surface area contributed by atoms with E-state index in [1.807, 2.05) is 30.3 Å². The number of amides is 1. The van der Waals surface area contributed by atoms with Gasteiger partial charge in [-0.3, -0.25) is 4.79 Å². The van der Waals surface area contributed by atoms with E-state index in [2.05, 4.69) is 10.3 Å². The molecule has 0 saturated heterocycles. The summed E-state index contributed by atoms with van der Waals surface area (Å²) >= 11 is 0. The minimum atomic E-state index is -0.187. The monoisotopic (exact) mass is 299 g/mol. The van der Waals surface area contributed by atoms with Gasteiger partial charge in [0, 0.05) is 17.6 Å². The summed E-state index contributed by atoms with van der Waals surface area (Å²) in [5, 5.41) is 3.03. The summed E-state index contributed by atoms with van der Waals surface area (Å²) in [6, 6.07) is 10.0. The third-order valence-corrected chi connectivity index (χ3v) is 4.13. The van der Waals surface area contributed by atoms with Crippen LogP contribution in [0, 0.1) is 6.92 Å². The van der Waals surface area contributed by atoms with Crippen molar-refractivity contribution >= 4 is 5.91 Å². The van der Waals surface area contributed by atoms with Gasteiger partial charge in [-0.05, 0) is 44.7 Å². The fourth-order valence-electron chi connectivity index (χ4n) is 2.83. The van der Waals surface area contributed by atoms with Crippen LogP contribution < -0.4 is 11.1 Å². The Morgan fingerprint density at radius 2 is 1.91 bits per heavy atom. The summed E-state index contributed by atoms with van der Waals surface area (Å²) in [7, 11) is 0. The highest BCUT2D eigenvalue weighted by atomic mass is 16.4. The molecule has 1 aromatic carbocycles. The fourth-order valence-corrected chi connectivity index (χ4v) is 2.83. The predicted octanol–water partition coefficient (Wildman–Crippen LogP) is 2.65. The van der Waals surface area contributed by atoms with Crippen molar-refractivity contribution in [3.05, 3.63) is 41.8 Å². The van der Waals surface area contributed by atoms with Gasteiger partial charge in [0.05, 0.1) is 5.69 Å². The normalized spacial score (nSPS) is 21.5. The fraction of sp³-hybridized carbons (Fsp3) is 0.412. The van der Waals surface area contributed by atoms with Crippen LogP contribution in [0.1, 0.15) is 41.9 Å². The number of nitrogens with zero attached hydrogens (tertiary/aromatic N) is 1. The second-order valence-electron chi connectivity index (χ2n) is 5.88. The highest BCUT2D eigenvalue weighted by Gasteiger charge is 2.24. The van der Waals surface area contributed by atoms with E-state index in [1.54, 1.807) is 6.92 Å². The molecule has 1 aliphatic carbocycles. The van der Waals surface area contributed by atoms with E-state index in [4.69, 9.17) is 10.2 Å². The maximum Gasteiger partial charge on any atom is 0.289 e. The van der Waals surface area contributed by atoms with Crippen molar-refractivity contribution in [1.29, 1.82) is 0 Å². The lowest BCUT2D eigenvalue weighted by Crippen LogP contribution is -2.40. The molecular weight excluding hydrogens is 278 g/mol. The number of nitrogens with two attached hydrogens (primary N) is 1. The average molecular weight is 299 g/mol. The third kappa shape index (κ3) is 3.20. The first kappa shape index (κ1) is 14.8. The third-order valence-electron chi connectivity index (χ3n) is 4.13. The molecule has 5 nitrogen and oxygen atoms in total. The molecule has 116 valence electrons. The van der Waals surface area contributed by atoms with E-state index >= 15 is 0 Å². The van der Waals surface area contributed by atoms with Crippen LogP contribution in [0.4, 0.5) is 0 Å². The smallest absolute Gasteiger partial charge is 0.289 e. The van der Waals surface area contributed by atoms with E-state index in [-0.39, 0.29) is 18.0 Å². The van der Waals surface area contributed by atoms with Crippen LogP contribution in [0.5, 0.6) is 0 Å². The molecule has 0 radical (unpaired) electrons. The first-order chi connectivity index (χ1) is 10.6. The van der Waals surface area contributed by atoms with Crippen molar-refractivity contribution in [3.63, 3.8) is 0 Å². The minimum Gasteiger partial charge on any atom is -0.431 e. The van der Waals surface area contributed by atoms with Gasteiger partial charge in [-0.15, -0.1) is 0 Å². The molecular formula is C17H21N3O2. The van der Waals surface area contributed by atoms with E-state index < -0.39 is 0 Å². The largest absolute Gasteiger partial charge is 0.431 e. The van der Waals surface area contributed by atoms with Crippen LogP contribution in [-0.4, -0.2) is 23.0 Å². The topological polar surface area (TPSA) is 81.2 Å². The summed E-state index contributed by atoms with van der Waals surface area (Å²) in [4.78, 5) is 16.7. The summed E-state index contributed by atoms with van der Waals surface area (Å²) < 4.78 is 5.68. The quantitative estimate of drug-likeness (QED) is 0.913. The van der Waals surface area contributed by atoms with Gasteiger partial charge in [0.1, 0.15) is 0 Å². The number of nitrogens with one attached hydrogen (secondary N) is 1. The molecule has 5 heteroatoms. The lowest BCUT2D eigenvalue weighted by Gasteiger charge is -2.26. The molecule has 2 aromatic rings. The average Bonchev–Trinajstić information content (AvgIpc) is 2.92. The molecule has 1 aromatic heterocycles. The van der Waals surface area contributed by atoms with Crippen molar-refractivity contribution in [3.8, 4) is 11.5 Å². The molecule has 0 spiro atoms. The van der Waals surface area contributed by atoms with Crippen LogP contribution in [0.2, 0.25) is 0 Å². The van der Waals surface area contributed by atoms with Gasteiger partial charge in [-0.1, -0.05) is 18.2 Å². The van der Waals surface area contributed by atoms with Gasteiger partial charge >= 0.3 is 0 Å². The Kier molecular flexibility index (Phi) is 4.24. The molecule has 0 bridgehead atoms. The lowest BCUT2D eigenvalue weighted by molar-refractivity contribution is 0.0897. The summed E-state index contributed by atoms with van der Waals surface area (Å²) in [6.07, 6.45) is 3.75. The van der Waals surface area contributed by atoms with Gasteiger partial charge in [0.25, 0.3) is 5.91 Å². The Morgan fingerprint density at radius 1 is 1.23 bits per heavy atom. The number of hydrogen-bond acceptors (Lipinski definition) is 4. The lowest BCUT2D eigenvalue weighted by atomic mass is 9.92. The van der Waals surface area contributed by atoms with Gasteiger partial charge < -0.3 is 15.5 Å². The number of aryl methyl sites for hydroxylation is 1. The molecule has 3 rings (SSSR count). The number of aromatic nitrogens is 1. The molecule has 1 aliphatic rings. The number of oxazole rings is 1. The molecule has 0 unspecified atom stereocenters. The van der Waals surface area contributed by atoms with Crippen molar-refractivity contribution < 1.29 is 9.21 Å². The molecule has 1 saturated carbocycles. The van der Waals surface area contributed by atoms with Gasteiger partial charge in [-0.2, -0.15) is 0 Å². The highest BCUT2D eigenvalue weighted by molar-refractivity contribution is 5.93. The van der Waals surface area contributed by atoms with Crippen molar-refractivity contribution in [2.24, 2.45) is 5.73 Å². The SMILES string of the molecule is Cc1nc(-c2ccccc2)oc1C(=O)NC1CCC(N)CC1. The Morgan fingerprint density at radius 3 is 2.59 bits per heavy atom. The van der Waals surface area contributed by atoms with Crippen LogP contribution in [-0.2, 0) is 0 Å². The molecule has 1 amide bonds. The molecule has 1 fully saturated rings. The van der Waals surface area contributed by atoms with Crippen molar-refractivity contribution in [2.75, 3.05) is 0 Å².